The van der Waals surface area contributed by atoms with Crippen LogP contribution < -0.4 is 15.8 Å². The van der Waals surface area contributed by atoms with E-state index in [0.717, 1.165) is 0 Å². The molecule has 1 atom stereocenters. The Hall–Kier alpha value is -1.53. The van der Waals surface area contributed by atoms with Gasteiger partial charge < -0.3 is 25.6 Å². The van der Waals surface area contributed by atoms with Crippen LogP contribution in [0.4, 0.5) is 15.8 Å². The molecule has 102 valence electrons. The second-order valence-electron chi connectivity index (χ2n) is 3.78. The lowest BCUT2D eigenvalue weighted by atomic mass is 10.2. The van der Waals surface area contributed by atoms with Crippen LogP contribution in [0.25, 0.3) is 0 Å². The Labute approximate surface area is 106 Å². The number of nitrogens with one attached hydrogen (secondary N) is 1. The summed E-state index contributed by atoms with van der Waals surface area (Å²) in [5.74, 6) is -0.379. The highest BCUT2D eigenvalue weighted by molar-refractivity contribution is 5.69. The highest BCUT2D eigenvalue weighted by Crippen LogP contribution is 2.28. The van der Waals surface area contributed by atoms with Gasteiger partial charge in [0.1, 0.15) is 0 Å². The van der Waals surface area contributed by atoms with Gasteiger partial charge in [0.25, 0.3) is 0 Å². The average molecular weight is 258 g/mol. The molecule has 1 aromatic rings. The number of nitrogen functional groups attached to an aromatic ring is 1. The van der Waals surface area contributed by atoms with Crippen LogP contribution in [-0.4, -0.2) is 38.1 Å². The van der Waals surface area contributed by atoms with Crippen molar-refractivity contribution < 1.29 is 19.0 Å². The van der Waals surface area contributed by atoms with E-state index in [9.17, 15) is 4.39 Å². The van der Waals surface area contributed by atoms with Crippen LogP contribution in [0.5, 0.6) is 5.75 Å². The molecule has 0 amide bonds. The zero-order valence-electron chi connectivity index (χ0n) is 10.6. The van der Waals surface area contributed by atoms with E-state index in [0.29, 0.717) is 18.9 Å². The van der Waals surface area contributed by atoms with Gasteiger partial charge in [-0.15, -0.1) is 0 Å². The summed E-state index contributed by atoms with van der Waals surface area (Å²) in [4.78, 5) is 0. The largest absolute Gasteiger partial charge is 0.491 e. The molecule has 0 saturated carbocycles. The second kappa shape index (κ2) is 7.03. The summed E-state index contributed by atoms with van der Waals surface area (Å²) in [6, 6.07) is 2.36. The third-order valence-corrected chi connectivity index (χ3v) is 2.35. The topological polar surface area (TPSA) is 76.7 Å². The van der Waals surface area contributed by atoms with Gasteiger partial charge in [0, 0.05) is 19.2 Å². The number of aliphatic hydroxyl groups is 1. The normalized spacial score (nSPS) is 12.2. The Morgan fingerprint density at radius 2 is 2.22 bits per heavy atom. The number of methoxy groups -OCH3 is 1. The first-order valence-electron chi connectivity index (χ1n) is 5.70. The standard InChI is InChI=1S/C12H19FN2O3/c1-3-18-12-5-11(10(14)4-9(12)13)15-8(6-16)7-17-2/h4-5,8,15-16H,3,6-7,14H2,1-2H3. The molecule has 1 rings (SSSR count). The van der Waals surface area contributed by atoms with Crippen molar-refractivity contribution in [2.75, 3.05) is 38.0 Å². The maximum absolute atomic E-state index is 13.5. The van der Waals surface area contributed by atoms with E-state index in [1.807, 2.05) is 0 Å². The summed E-state index contributed by atoms with van der Waals surface area (Å²) in [7, 11) is 1.53. The highest BCUT2D eigenvalue weighted by atomic mass is 19.1. The molecule has 6 heteroatoms. The number of hydrogen-bond acceptors (Lipinski definition) is 5. The minimum Gasteiger partial charge on any atom is -0.491 e. The van der Waals surface area contributed by atoms with Crippen LogP contribution >= 0.6 is 0 Å². The van der Waals surface area contributed by atoms with Crippen LogP contribution in [0.2, 0.25) is 0 Å². The third kappa shape index (κ3) is 3.75. The lowest BCUT2D eigenvalue weighted by molar-refractivity contribution is 0.153. The van der Waals surface area contributed by atoms with E-state index >= 15 is 0 Å². The number of rotatable bonds is 7. The number of hydrogen-bond donors (Lipinski definition) is 3. The van der Waals surface area contributed by atoms with Crippen molar-refractivity contribution in [1.82, 2.24) is 0 Å². The first-order chi connectivity index (χ1) is 8.62. The SMILES string of the molecule is CCOc1cc(NC(CO)COC)c(N)cc1F. The van der Waals surface area contributed by atoms with Gasteiger partial charge in [-0.05, 0) is 6.92 Å². The number of nitrogens with two attached hydrogens (primary N) is 1. The molecule has 0 aromatic heterocycles. The first kappa shape index (κ1) is 14.5. The zero-order valence-corrected chi connectivity index (χ0v) is 10.6. The van der Waals surface area contributed by atoms with Gasteiger partial charge >= 0.3 is 0 Å². The van der Waals surface area contributed by atoms with Gasteiger partial charge in [0.15, 0.2) is 11.6 Å². The van der Waals surface area contributed by atoms with Crippen LogP contribution in [0.3, 0.4) is 0 Å². The molecule has 0 heterocycles. The fourth-order valence-corrected chi connectivity index (χ4v) is 1.52. The predicted octanol–water partition coefficient (Wildman–Crippen LogP) is 1.23. The van der Waals surface area contributed by atoms with E-state index in [4.69, 9.17) is 20.3 Å². The maximum Gasteiger partial charge on any atom is 0.167 e. The van der Waals surface area contributed by atoms with Crippen molar-refractivity contribution in [3.05, 3.63) is 17.9 Å². The summed E-state index contributed by atoms with van der Waals surface area (Å²) in [5.41, 5.74) is 6.47. The van der Waals surface area contributed by atoms with Crippen molar-refractivity contribution in [3.8, 4) is 5.75 Å². The molecule has 0 radical (unpaired) electrons. The molecule has 0 saturated heterocycles. The average Bonchev–Trinajstić information content (AvgIpc) is 2.34. The monoisotopic (exact) mass is 258 g/mol. The molecular weight excluding hydrogens is 239 g/mol. The van der Waals surface area contributed by atoms with E-state index in [1.54, 1.807) is 6.92 Å². The fraction of sp³-hybridized carbons (Fsp3) is 0.500. The van der Waals surface area contributed by atoms with E-state index < -0.39 is 5.82 Å². The lowest BCUT2D eigenvalue weighted by Crippen LogP contribution is -2.29. The molecule has 5 nitrogen and oxygen atoms in total. The summed E-state index contributed by atoms with van der Waals surface area (Å²) in [5, 5.41) is 12.1. The van der Waals surface area contributed by atoms with Crippen molar-refractivity contribution >= 4 is 11.4 Å². The molecule has 1 aromatic carbocycles. The van der Waals surface area contributed by atoms with Gasteiger partial charge in [-0.1, -0.05) is 0 Å². The highest BCUT2D eigenvalue weighted by Gasteiger charge is 2.12. The van der Waals surface area contributed by atoms with Crippen molar-refractivity contribution in [1.29, 1.82) is 0 Å². The van der Waals surface area contributed by atoms with Gasteiger partial charge in [-0.25, -0.2) is 4.39 Å². The van der Waals surface area contributed by atoms with Crippen molar-refractivity contribution in [2.24, 2.45) is 0 Å². The summed E-state index contributed by atoms with van der Waals surface area (Å²) >= 11 is 0. The molecule has 0 aliphatic rings. The van der Waals surface area contributed by atoms with Crippen molar-refractivity contribution in [2.45, 2.75) is 13.0 Å². The molecule has 0 aliphatic carbocycles. The summed E-state index contributed by atoms with van der Waals surface area (Å²) in [6.07, 6.45) is 0. The Kier molecular flexibility index (Phi) is 5.67. The van der Waals surface area contributed by atoms with Gasteiger partial charge in [-0.2, -0.15) is 0 Å². The number of anilines is 2. The fourth-order valence-electron chi connectivity index (χ4n) is 1.52. The summed E-state index contributed by atoms with van der Waals surface area (Å²) in [6.45, 7) is 2.33. The molecule has 18 heavy (non-hydrogen) atoms. The molecule has 0 spiro atoms. The summed E-state index contributed by atoms with van der Waals surface area (Å²) < 4.78 is 23.6. The Balaban J connectivity index is 2.89. The first-order valence-corrected chi connectivity index (χ1v) is 5.70. The molecule has 0 bridgehead atoms. The van der Waals surface area contributed by atoms with Gasteiger partial charge in [0.05, 0.1) is 37.2 Å². The quantitative estimate of drug-likeness (QED) is 0.641. The Morgan fingerprint density at radius 1 is 1.50 bits per heavy atom. The molecule has 4 N–H and O–H groups in total. The molecule has 0 aliphatic heterocycles. The Bertz CT molecular complexity index is 388. The van der Waals surface area contributed by atoms with Crippen LogP contribution in [-0.2, 0) is 4.74 Å². The van der Waals surface area contributed by atoms with Crippen LogP contribution in [0.15, 0.2) is 12.1 Å². The number of halogens is 1. The number of ether oxygens (including phenoxy) is 2. The smallest absolute Gasteiger partial charge is 0.167 e. The molecular formula is C12H19FN2O3. The minimum absolute atomic E-state index is 0.116. The number of benzene rings is 1. The lowest BCUT2D eigenvalue weighted by Gasteiger charge is -2.19. The predicted molar refractivity (Wildman–Crippen MR) is 68.4 cm³/mol. The maximum atomic E-state index is 13.5. The van der Waals surface area contributed by atoms with Crippen molar-refractivity contribution in [3.63, 3.8) is 0 Å². The van der Waals surface area contributed by atoms with Crippen LogP contribution in [0, 0.1) is 5.82 Å². The van der Waals surface area contributed by atoms with E-state index in [1.165, 1.54) is 19.2 Å². The zero-order chi connectivity index (χ0) is 13.5. The molecule has 1 unspecified atom stereocenters. The van der Waals surface area contributed by atoms with Gasteiger partial charge in [-0.3, -0.25) is 0 Å². The Morgan fingerprint density at radius 3 is 2.78 bits per heavy atom. The molecule has 0 fully saturated rings. The van der Waals surface area contributed by atoms with E-state index in [2.05, 4.69) is 5.32 Å². The number of aliphatic hydroxyl groups excluding tert-OH is 1. The third-order valence-electron chi connectivity index (χ3n) is 2.35. The van der Waals surface area contributed by atoms with E-state index in [-0.39, 0.29) is 24.1 Å². The second-order valence-corrected chi connectivity index (χ2v) is 3.78. The van der Waals surface area contributed by atoms with Gasteiger partial charge in [0.2, 0.25) is 0 Å². The van der Waals surface area contributed by atoms with Crippen LogP contribution in [0.1, 0.15) is 6.92 Å². The minimum atomic E-state index is -0.507.